The lowest BCUT2D eigenvalue weighted by Crippen LogP contribution is -2.29. The molecule has 4 nitrogen and oxygen atoms in total. The highest BCUT2D eigenvalue weighted by molar-refractivity contribution is 5.76. The van der Waals surface area contributed by atoms with Crippen LogP contribution in [0.2, 0.25) is 0 Å². The number of carbonyl (C=O) groups excluding carboxylic acids is 1. The molecule has 0 spiro atoms. The van der Waals surface area contributed by atoms with Gasteiger partial charge in [-0.3, -0.25) is 4.79 Å². The third-order valence-electron chi connectivity index (χ3n) is 2.43. The Bertz CT molecular complexity index is 333. The van der Waals surface area contributed by atoms with Crippen molar-refractivity contribution < 1.29 is 14.3 Å². The van der Waals surface area contributed by atoms with Crippen molar-refractivity contribution in [3.05, 3.63) is 30.3 Å². The van der Waals surface area contributed by atoms with E-state index in [-0.39, 0.29) is 5.91 Å². The van der Waals surface area contributed by atoms with Crippen molar-refractivity contribution in [3.63, 3.8) is 0 Å². The number of hydrogen-bond donors (Lipinski definition) is 0. The van der Waals surface area contributed by atoms with Crippen LogP contribution in [-0.2, 0) is 9.53 Å². The SMILES string of the molecule is O=C(CCOc1ccccc1)N1CCOC1. The van der Waals surface area contributed by atoms with Crippen LogP contribution in [0.15, 0.2) is 30.3 Å². The van der Waals surface area contributed by atoms with Gasteiger partial charge in [0.25, 0.3) is 0 Å². The minimum absolute atomic E-state index is 0.0911. The first-order valence-electron chi connectivity index (χ1n) is 5.39. The van der Waals surface area contributed by atoms with Crippen LogP contribution in [0.25, 0.3) is 0 Å². The monoisotopic (exact) mass is 221 g/mol. The maximum absolute atomic E-state index is 11.6. The summed E-state index contributed by atoms with van der Waals surface area (Å²) in [7, 11) is 0. The van der Waals surface area contributed by atoms with Crippen molar-refractivity contribution in [1.29, 1.82) is 0 Å². The number of carbonyl (C=O) groups is 1. The Balaban J connectivity index is 1.70. The zero-order chi connectivity index (χ0) is 11.2. The van der Waals surface area contributed by atoms with Gasteiger partial charge in [-0.25, -0.2) is 0 Å². The molecule has 1 fully saturated rings. The second-order valence-electron chi connectivity index (χ2n) is 3.61. The van der Waals surface area contributed by atoms with E-state index in [4.69, 9.17) is 9.47 Å². The van der Waals surface area contributed by atoms with Crippen molar-refractivity contribution in [2.45, 2.75) is 6.42 Å². The third-order valence-corrected chi connectivity index (χ3v) is 2.43. The second kappa shape index (κ2) is 5.51. The molecule has 0 saturated carbocycles. The van der Waals surface area contributed by atoms with Crippen LogP contribution in [-0.4, -0.2) is 37.3 Å². The maximum atomic E-state index is 11.6. The molecule has 2 rings (SSSR count). The summed E-state index contributed by atoms with van der Waals surface area (Å²) in [4.78, 5) is 13.3. The molecule has 1 amide bonds. The lowest BCUT2D eigenvalue weighted by atomic mass is 10.3. The fraction of sp³-hybridized carbons (Fsp3) is 0.417. The number of ether oxygens (including phenoxy) is 2. The summed E-state index contributed by atoms with van der Waals surface area (Å²) < 4.78 is 10.6. The summed E-state index contributed by atoms with van der Waals surface area (Å²) in [6, 6.07) is 9.50. The van der Waals surface area contributed by atoms with Crippen molar-refractivity contribution in [2.24, 2.45) is 0 Å². The highest BCUT2D eigenvalue weighted by atomic mass is 16.5. The number of nitrogens with zero attached hydrogens (tertiary/aromatic N) is 1. The Hall–Kier alpha value is -1.55. The summed E-state index contributed by atoms with van der Waals surface area (Å²) in [6.45, 7) is 2.18. The van der Waals surface area contributed by atoms with Crippen molar-refractivity contribution >= 4 is 5.91 Å². The molecule has 1 aromatic rings. The molecule has 0 N–H and O–H groups in total. The Morgan fingerprint density at radius 3 is 2.88 bits per heavy atom. The van der Waals surface area contributed by atoms with Gasteiger partial charge < -0.3 is 14.4 Å². The van der Waals surface area contributed by atoms with E-state index in [1.165, 1.54) is 0 Å². The summed E-state index contributed by atoms with van der Waals surface area (Å²) in [5.74, 6) is 0.890. The third kappa shape index (κ3) is 2.97. The Kier molecular flexibility index (Phi) is 3.77. The zero-order valence-electron chi connectivity index (χ0n) is 9.09. The largest absolute Gasteiger partial charge is 0.493 e. The molecule has 1 aliphatic rings. The molecule has 0 unspecified atom stereocenters. The van der Waals surface area contributed by atoms with Gasteiger partial charge in [-0.15, -0.1) is 0 Å². The minimum Gasteiger partial charge on any atom is -0.493 e. The Morgan fingerprint density at radius 2 is 2.19 bits per heavy atom. The van der Waals surface area contributed by atoms with Crippen LogP contribution in [0, 0.1) is 0 Å². The lowest BCUT2D eigenvalue weighted by molar-refractivity contribution is -0.132. The standard InChI is InChI=1S/C12H15NO3/c14-12(13-7-9-15-10-13)6-8-16-11-4-2-1-3-5-11/h1-5H,6-10H2. The van der Waals surface area contributed by atoms with Crippen LogP contribution in [0.3, 0.4) is 0 Å². The number of rotatable bonds is 4. The molecule has 1 aliphatic heterocycles. The molecule has 16 heavy (non-hydrogen) atoms. The first-order valence-corrected chi connectivity index (χ1v) is 5.39. The van der Waals surface area contributed by atoms with Crippen molar-refractivity contribution in [3.8, 4) is 5.75 Å². The van der Waals surface area contributed by atoms with Gasteiger partial charge in [0.2, 0.25) is 5.91 Å². The molecule has 4 heteroatoms. The van der Waals surface area contributed by atoms with Crippen LogP contribution in [0.4, 0.5) is 0 Å². The van der Waals surface area contributed by atoms with Crippen molar-refractivity contribution in [1.82, 2.24) is 4.90 Å². The first kappa shape index (κ1) is 11.0. The molecule has 0 bridgehead atoms. The molecule has 0 radical (unpaired) electrons. The van der Waals surface area contributed by atoms with E-state index < -0.39 is 0 Å². The average molecular weight is 221 g/mol. The zero-order valence-corrected chi connectivity index (χ0v) is 9.09. The van der Waals surface area contributed by atoms with Gasteiger partial charge in [0.1, 0.15) is 12.5 Å². The van der Waals surface area contributed by atoms with Gasteiger partial charge in [-0.2, -0.15) is 0 Å². The summed E-state index contributed by atoms with van der Waals surface area (Å²) in [5, 5.41) is 0. The van der Waals surface area contributed by atoms with E-state index in [1.54, 1.807) is 4.90 Å². The Labute approximate surface area is 94.8 Å². The molecule has 0 aliphatic carbocycles. The summed E-state index contributed by atoms with van der Waals surface area (Å²) in [6.07, 6.45) is 0.401. The van der Waals surface area contributed by atoms with Gasteiger partial charge in [0.05, 0.1) is 19.6 Å². The van der Waals surface area contributed by atoms with E-state index in [0.717, 1.165) is 5.75 Å². The second-order valence-corrected chi connectivity index (χ2v) is 3.61. The summed E-state index contributed by atoms with van der Waals surface area (Å²) >= 11 is 0. The molecule has 1 heterocycles. The predicted octanol–water partition coefficient (Wildman–Crippen LogP) is 1.27. The number of benzene rings is 1. The molecular weight excluding hydrogens is 206 g/mol. The van der Waals surface area contributed by atoms with Crippen molar-refractivity contribution in [2.75, 3.05) is 26.5 Å². The number of amides is 1. The van der Waals surface area contributed by atoms with E-state index in [0.29, 0.717) is 32.9 Å². The maximum Gasteiger partial charge on any atom is 0.227 e. The normalized spacial score (nSPS) is 15.1. The fourth-order valence-electron chi connectivity index (χ4n) is 1.54. The average Bonchev–Trinajstić information content (AvgIpc) is 2.84. The van der Waals surface area contributed by atoms with E-state index >= 15 is 0 Å². The van der Waals surface area contributed by atoms with Crippen LogP contribution >= 0.6 is 0 Å². The van der Waals surface area contributed by atoms with Gasteiger partial charge in [0, 0.05) is 6.54 Å². The van der Waals surface area contributed by atoms with Crippen LogP contribution in [0.5, 0.6) is 5.75 Å². The minimum atomic E-state index is 0.0911. The van der Waals surface area contributed by atoms with E-state index in [9.17, 15) is 4.79 Å². The Morgan fingerprint density at radius 1 is 1.38 bits per heavy atom. The first-order chi connectivity index (χ1) is 7.86. The quantitative estimate of drug-likeness (QED) is 0.768. The fourth-order valence-corrected chi connectivity index (χ4v) is 1.54. The van der Waals surface area contributed by atoms with Gasteiger partial charge in [0.15, 0.2) is 0 Å². The molecule has 0 atom stereocenters. The van der Waals surface area contributed by atoms with E-state index in [2.05, 4.69) is 0 Å². The lowest BCUT2D eigenvalue weighted by Gasteiger charge is -2.13. The van der Waals surface area contributed by atoms with Gasteiger partial charge in [-0.1, -0.05) is 18.2 Å². The number of para-hydroxylation sites is 1. The van der Waals surface area contributed by atoms with Crippen LogP contribution in [0.1, 0.15) is 6.42 Å². The van der Waals surface area contributed by atoms with Gasteiger partial charge in [-0.05, 0) is 12.1 Å². The topological polar surface area (TPSA) is 38.8 Å². The highest BCUT2D eigenvalue weighted by Gasteiger charge is 2.17. The van der Waals surface area contributed by atoms with Gasteiger partial charge >= 0.3 is 0 Å². The van der Waals surface area contributed by atoms with Crippen LogP contribution < -0.4 is 4.74 Å². The summed E-state index contributed by atoms with van der Waals surface area (Å²) in [5.41, 5.74) is 0. The van der Waals surface area contributed by atoms with E-state index in [1.807, 2.05) is 30.3 Å². The smallest absolute Gasteiger partial charge is 0.227 e. The predicted molar refractivity (Wildman–Crippen MR) is 59.1 cm³/mol. The molecule has 1 aromatic carbocycles. The molecular formula is C12H15NO3. The highest BCUT2D eigenvalue weighted by Crippen LogP contribution is 2.09. The molecule has 1 saturated heterocycles. The molecule has 0 aromatic heterocycles. The molecule has 86 valence electrons. The number of hydrogen-bond acceptors (Lipinski definition) is 3.